The van der Waals surface area contributed by atoms with E-state index in [0.717, 1.165) is 5.69 Å². The molecular weight excluding hydrogens is 206 g/mol. The van der Waals surface area contributed by atoms with Crippen molar-refractivity contribution in [3.63, 3.8) is 0 Å². The van der Waals surface area contributed by atoms with Gasteiger partial charge in [0.25, 0.3) is 0 Å². The summed E-state index contributed by atoms with van der Waals surface area (Å²) in [5, 5.41) is 11.9. The molecule has 0 radical (unpaired) electrons. The molecule has 0 aromatic carbocycles. The van der Waals surface area contributed by atoms with Gasteiger partial charge in [-0.3, -0.25) is 0 Å². The summed E-state index contributed by atoms with van der Waals surface area (Å²) < 4.78 is 10.8. The Bertz CT molecular complexity index is 383. The van der Waals surface area contributed by atoms with Crippen molar-refractivity contribution in [2.75, 3.05) is 31.7 Å². The highest BCUT2D eigenvalue weighted by Crippen LogP contribution is 2.08. The number of aromatic nitrogens is 1. The van der Waals surface area contributed by atoms with Crippen LogP contribution in [0.3, 0.4) is 0 Å². The van der Waals surface area contributed by atoms with Crippen molar-refractivity contribution >= 4 is 5.69 Å². The second kappa shape index (κ2) is 5.45. The van der Waals surface area contributed by atoms with Gasteiger partial charge in [0.05, 0.1) is 25.9 Å². The molecule has 16 heavy (non-hydrogen) atoms. The lowest BCUT2D eigenvalue weighted by Gasteiger charge is -2.23. The van der Waals surface area contributed by atoms with Crippen LogP contribution in [-0.2, 0) is 9.47 Å². The van der Waals surface area contributed by atoms with Crippen LogP contribution >= 0.6 is 0 Å². The first-order valence-corrected chi connectivity index (χ1v) is 5.18. The topological polar surface area (TPSA) is 67.2 Å². The number of rotatable bonds is 3. The third kappa shape index (κ3) is 2.92. The molecule has 1 unspecified atom stereocenters. The molecule has 1 aliphatic rings. The first kappa shape index (κ1) is 10.9. The molecule has 84 valence electrons. The van der Waals surface area contributed by atoms with Crippen molar-refractivity contribution in [2.24, 2.45) is 0 Å². The lowest BCUT2D eigenvalue weighted by Crippen LogP contribution is -2.34. The Morgan fingerprint density at radius 1 is 1.56 bits per heavy atom. The molecule has 0 amide bonds. The maximum atomic E-state index is 8.69. The Balaban J connectivity index is 1.86. The van der Waals surface area contributed by atoms with E-state index in [2.05, 4.69) is 10.3 Å². The Labute approximate surface area is 94.0 Å². The van der Waals surface area contributed by atoms with Gasteiger partial charge in [-0.25, -0.2) is 4.98 Å². The minimum absolute atomic E-state index is 0.0763. The number of ether oxygens (including phenoxy) is 2. The summed E-state index contributed by atoms with van der Waals surface area (Å²) in [7, 11) is 0. The number of nitrogens with zero attached hydrogens (tertiary/aromatic N) is 2. The fourth-order valence-electron chi connectivity index (χ4n) is 1.49. The lowest BCUT2D eigenvalue weighted by molar-refractivity contribution is -0.0818. The van der Waals surface area contributed by atoms with Crippen LogP contribution in [-0.4, -0.2) is 37.5 Å². The van der Waals surface area contributed by atoms with E-state index in [0.29, 0.717) is 32.1 Å². The highest BCUT2D eigenvalue weighted by molar-refractivity contribution is 5.45. The highest BCUT2D eigenvalue weighted by atomic mass is 16.6. The lowest BCUT2D eigenvalue weighted by atomic mass is 10.3. The SMILES string of the molecule is N#Cc1cc(NCC2COCCO2)ccn1. The first-order valence-electron chi connectivity index (χ1n) is 5.18. The quantitative estimate of drug-likeness (QED) is 0.813. The van der Waals surface area contributed by atoms with Crippen LogP contribution in [0.5, 0.6) is 0 Å². The van der Waals surface area contributed by atoms with Crippen molar-refractivity contribution in [1.29, 1.82) is 5.26 Å². The van der Waals surface area contributed by atoms with Gasteiger partial charge in [-0.1, -0.05) is 0 Å². The summed E-state index contributed by atoms with van der Waals surface area (Å²) >= 11 is 0. The van der Waals surface area contributed by atoms with Crippen LogP contribution in [0.2, 0.25) is 0 Å². The maximum Gasteiger partial charge on any atom is 0.142 e. The summed E-state index contributed by atoms with van der Waals surface area (Å²) in [6, 6.07) is 5.53. The van der Waals surface area contributed by atoms with Crippen molar-refractivity contribution in [3.8, 4) is 6.07 Å². The van der Waals surface area contributed by atoms with Crippen molar-refractivity contribution < 1.29 is 9.47 Å². The van der Waals surface area contributed by atoms with E-state index in [4.69, 9.17) is 14.7 Å². The zero-order valence-corrected chi connectivity index (χ0v) is 8.85. The van der Waals surface area contributed by atoms with Crippen LogP contribution in [0.15, 0.2) is 18.3 Å². The van der Waals surface area contributed by atoms with Gasteiger partial charge >= 0.3 is 0 Å². The van der Waals surface area contributed by atoms with Gasteiger partial charge in [-0.05, 0) is 12.1 Å². The van der Waals surface area contributed by atoms with Crippen LogP contribution in [0.4, 0.5) is 5.69 Å². The summed E-state index contributed by atoms with van der Waals surface area (Å²) in [6.07, 6.45) is 1.69. The van der Waals surface area contributed by atoms with E-state index in [1.807, 2.05) is 12.1 Å². The molecule has 1 fully saturated rings. The molecule has 1 saturated heterocycles. The maximum absolute atomic E-state index is 8.69. The van der Waals surface area contributed by atoms with Crippen LogP contribution in [0.25, 0.3) is 0 Å². The van der Waals surface area contributed by atoms with Gasteiger partial charge in [-0.15, -0.1) is 0 Å². The minimum atomic E-state index is 0.0763. The highest BCUT2D eigenvalue weighted by Gasteiger charge is 2.13. The Kier molecular flexibility index (Phi) is 3.70. The van der Waals surface area contributed by atoms with E-state index in [-0.39, 0.29) is 6.10 Å². The summed E-state index contributed by atoms with van der Waals surface area (Å²) in [4.78, 5) is 3.90. The average Bonchev–Trinajstić information content (AvgIpc) is 2.38. The van der Waals surface area contributed by atoms with E-state index in [1.165, 1.54) is 0 Å². The number of nitrogens with one attached hydrogen (secondary N) is 1. The minimum Gasteiger partial charge on any atom is -0.382 e. The number of pyridine rings is 1. The predicted molar refractivity (Wildman–Crippen MR) is 58.0 cm³/mol. The van der Waals surface area contributed by atoms with Gasteiger partial charge in [0.2, 0.25) is 0 Å². The number of hydrogen-bond acceptors (Lipinski definition) is 5. The Hall–Kier alpha value is -1.64. The van der Waals surface area contributed by atoms with E-state index >= 15 is 0 Å². The third-order valence-electron chi connectivity index (χ3n) is 2.29. The van der Waals surface area contributed by atoms with Gasteiger partial charge < -0.3 is 14.8 Å². The zero-order valence-electron chi connectivity index (χ0n) is 8.85. The number of hydrogen-bond donors (Lipinski definition) is 1. The molecule has 1 aromatic heterocycles. The molecule has 5 nitrogen and oxygen atoms in total. The molecule has 2 rings (SSSR count). The summed E-state index contributed by atoms with van der Waals surface area (Å²) in [5.41, 5.74) is 1.28. The van der Waals surface area contributed by atoms with Gasteiger partial charge in [0, 0.05) is 18.4 Å². The predicted octanol–water partition coefficient (Wildman–Crippen LogP) is 0.781. The average molecular weight is 219 g/mol. The van der Waals surface area contributed by atoms with Crippen molar-refractivity contribution in [2.45, 2.75) is 6.10 Å². The molecule has 1 aromatic rings. The molecule has 1 N–H and O–H groups in total. The van der Waals surface area contributed by atoms with E-state index in [9.17, 15) is 0 Å². The summed E-state index contributed by atoms with van der Waals surface area (Å²) in [6.45, 7) is 2.61. The van der Waals surface area contributed by atoms with E-state index < -0.39 is 0 Å². The normalized spacial score (nSPS) is 20.1. The second-order valence-corrected chi connectivity index (χ2v) is 3.49. The monoisotopic (exact) mass is 219 g/mol. The molecule has 2 heterocycles. The molecule has 0 aliphatic carbocycles. The van der Waals surface area contributed by atoms with Crippen LogP contribution in [0, 0.1) is 11.3 Å². The van der Waals surface area contributed by atoms with Gasteiger partial charge in [0.15, 0.2) is 0 Å². The summed E-state index contributed by atoms with van der Waals surface area (Å²) in [5.74, 6) is 0. The zero-order chi connectivity index (χ0) is 11.2. The van der Waals surface area contributed by atoms with Crippen molar-refractivity contribution in [3.05, 3.63) is 24.0 Å². The van der Waals surface area contributed by atoms with Crippen LogP contribution in [0.1, 0.15) is 5.69 Å². The molecule has 1 atom stereocenters. The van der Waals surface area contributed by atoms with Crippen LogP contribution < -0.4 is 5.32 Å². The van der Waals surface area contributed by atoms with Gasteiger partial charge in [0.1, 0.15) is 11.8 Å². The van der Waals surface area contributed by atoms with E-state index in [1.54, 1.807) is 12.3 Å². The Morgan fingerprint density at radius 2 is 2.50 bits per heavy atom. The number of anilines is 1. The smallest absolute Gasteiger partial charge is 0.142 e. The fraction of sp³-hybridized carbons (Fsp3) is 0.455. The van der Waals surface area contributed by atoms with Crippen molar-refractivity contribution in [1.82, 2.24) is 4.98 Å². The standard InChI is InChI=1S/C11H13N3O2/c12-6-10-5-9(1-2-13-10)14-7-11-8-15-3-4-16-11/h1-2,5,11H,3-4,7-8H2,(H,13,14). The third-order valence-corrected chi connectivity index (χ3v) is 2.29. The molecule has 1 aliphatic heterocycles. The molecule has 0 bridgehead atoms. The van der Waals surface area contributed by atoms with Gasteiger partial charge in [-0.2, -0.15) is 5.26 Å². The largest absolute Gasteiger partial charge is 0.382 e. The second-order valence-electron chi connectivity index (χ2n) is 3.49. The Morgan fingerprint density at radius 3 is 3.25 bits per heavy atom. The first-order chi connectivity index (χ1) is 7.88. The number of nitriles is 1. The molecular formula is C11H13N3O2. The molecule has 5 heteroatoms. The molecule has 0 saturated carbocycles. The molecule has 0 spiro atoms. The fourth-order valence-corrected chi connectivity index (χ4v) is 1.49.